The highest BCUT2D eigenvalue weighted by Gasteiger charge is 2.09. The SMILES string of the molecule is c1cnn(-c2ccc(CNN3CCOCC3)cc2)c1. The van der Waals surface area contributed by atoms with Gasteiger partial charge in [0.05, 0.1) is 18.9 Å². The fraction of sp³-hybridized carbons (Fsp3) is 0.357. The van der Waals surface area contributed by atoms with E-state index in [1.807, 2.05) is 16.9 Å². The summed E-state index contributed by atoms with van der Waals surface area (Å²) in [6.45, 7) is 4.37. The Kier molecular flexibility index (Phi) is 3.88. The van der Waals surface area contributed by atoms with E-state index in [4.69, 9.17) is 4.74 Å². The van der Waals surface area contributed by atoms with E-state index >= 15 is 0 Å². The maximum Gasteiger partial charge on any atom is 0.0645 e. The average molecular weight is 258 g/mol. The predicted molar refractivity (Wildman–Crippen MR) is 72.8 cm³/mol. The van der Waals surface area contributed by atoms with Gasteiger partial charge in [0.15, 0.2) is 0 Å². The van der Waals surface area contributed by atoms with Gasteiger partial charge in [-0.25, -0.2) is 9.69 Å². The molecular formula is C14H18N4O. The normalized spacial score (nSPS) is 16.6. The largest absolute Gasteiger partial charge is 0.379 e. The van der Waals surface area contributed by atoms with Crippen LogP contribution < -0.4 is 5.43 Å². The lowest BCUT2D eigenvalue weighted by atomic mass is 10.2. The molecule has 0 aliphatic carbocycles. The number of hydrazine groups is 1. The second kappa shape index (κ2) is 5.97. The van der Waals surface area contributed by atoms with Crippen molar-refractivity contribution in [3.05, 3.63) is 48.3 Å². The molecule has 1 N–H and O–H groups in total. The minimum atomic E-state index is 0.811. The zero-order valence-corrected chi connectivity index (χ0v) is 10.8. The van der Waals surface area contributed by atoms with Crippen LogP contribution in [-0.2, 0) is 11.3 Å². The van der Waals surface area contributed by atoms with E-state index < -0.39 is 0 Å². The van der Waals surface area contributed by atoms with Gasteiger partial charge in [0.25, 0.3) is 0 Å². The topological polar surface area (TPSA) is 42.3 Å². The first-order chi connectivity index (χ1) is 9.42. The van der Waals surface area contributed by atoms with E-state index in [0.29, 0.717) is 0 Å². The lowest BCUT2D eigenvalue weighted by Crippen LogP contribution is -2.45. The smallest absolute Gasteiger partial charge is 0.0645 e. The number of benzene rings is 1. The molecule has 0 atom stereocenters. The fourth-order valence-corrected chi connectivity index (χ4v) is 2.11. The van der Waals surface area contributed by atoms with Crippen molar-refractivity contribution in [1.29, 1.82) is 0 Å². The van der Waals surface area contributed by atoms with Crippen LogP contribution >= 0.6 is 0 Å². The van der Waals surface area contributed by atoms with Gasteiger partial charge in [-0.15, -0.1) is 0 Å². The Hall–Kier alpha value is -1.69. The summed E-state index contributed by atoms with van der Waals surface area (Å²) in [5.74, 6) is 0. The fourth-order valence-electron chi connectivity index (χ4n) is 2.11. The van der Waals surface area contributed by atoms with Crippen molar-refractivity contribution >= 4 is 0 Å². The van der Waals surface area contributed by atoms with Gasteiger partial charge in [-0.1, -0.05) is 12.1 Å². The summed E-state index contributed by atoms with van der Waals surface area (Å²) >= 11 is 0. The minimum Gasteiger partial charge on any atom is -0.379 e. The maximum atomic E-state index is 5.32. The van der Waals surface area contributed by atoms with Gasteiger partial charge in [-0.05, 0) is 23.8 Å². The molecule has 19 heavy (non-hydrogen) atoms. The average Bonchev–Trinajstić information content (AvgIpc) is 3.01. The molecule has 0 amide bonds. The van der Waals surface area contributed by atoms with E-state index in [0.717, 1.165) is 38.5 Å². The van der Waals surface area contributed by atoms with Crippen molar-refractivity contribution in [2.24, 2.45) is 0 Å². The van der Waals surface area contributed by atoms with Crippen LogP contribution in [0.25, 0.3) is 5.69 Å². The molecule has 1 fully saturated rings. The van der Waals surface area contributed by atoms with Crippen molar-refractivity contribution in [3.63, 3.8) is 0 Å². The molecule has 2 aromatic rings. The molecule has 1 aromatic carbocycles. The van der Waals surface area contributed by atoms with Crippen LogP contribution in [0.1, 0.15) is 5.56 Å². The molecule has 0 bridgehead atoms. The standard InChI is InChI=1S/C14H18N4O/c1-6-15-18(7-1)14-4-2-13(3-5-14)12-16-17-8-10-19-11-9-17/h1-7,16H,8-12H2. The first-order valence-corrected chi connectivity index (χ1v) is 6.57. The van der Waals surface area contributed by atoms with E-state index in [1.165, 1.54) is 5.56 Å². The third-order valence-corrected chi connectivity index (χ3v) is 3.22. The van der Waals surface area contributed by atoms with Crippen LogP contribution in [0.5, 0.6) is 0 Å². The summed E-state index contributed by atoms with van der Waals surface area (Å²) in [4.78, 5) is 0. The number of nitrogens with zero attached hydrogens (tertiary/aromatic N) is 3. The van der Waals surface area contributed by atoms with Crippen LogP contribution in [-0.4, -0.2) is 41.1 Å². The highest BCUT2D eigenvalue weighted by molar-refractivity contribution is 5.33. The van der Waals surface area contributed by atoms with Crippen molar-refractivity contribution in [2.45, 2.75) is 6.54 Å². The molecule has 1 aliphatic rings. The highest BCUT2D eigenvalue weighted by atomic mass is 16.5. The third-order valence-electron chi connectivity index (χ3n) is 3.22. The first kappa shape index (κ1) is 12.3. The Balaban J connectivity index is 1.57. The van der Waals surface area contributed by atoms with Crippen LogP contribution in [0.4, 0.5) is 0 Å². The number of hydrogen-bond acceptors (Lipinski definition) is 4. The zero-order valence-electron chi connectivity index (χ0n) is 10.8. The van der Waals surface area contributed by atoms with Crippen LogP contribution in [0.3, 0.4) is 0 Å². The number of ether oxygens (including phenoxy) is 1. The summed E-state index contributed by atoms with van der Waals surface area (Å²) in [5.41, 5.74) is 5.77. The predicted octanol–water partition coefficient (Wildman–Crippen LogP) is 1.21. The van der Waals surface area contributed by atoms with Gasteiger partial charge < -0.3 is 4.74 Å². The molecule has 0 unspecified atom stereocenters. The molecule has 3 rings (SSSR count). The first-order valence-electron chi connectivity index (χ1n) is 6.57. The number of hydrogen-bond donors (Lipinski definition) is 1. The van der Waals surface area contributed by atoms with Crippen molar-refractivity contribution in [1.82, 2.24) is 20.2 Å². The van der Waals surface area contributed by atoms with Crippen LogP contribution in [0.2, 0.25) is 0 Å². The molecule has 2 heterocycles. The van der Waals surface area contributed by atoms with Gasteiger partial charge in [0.1, 0.15) is 0 Å². The molecule has 0 saturated carbocycles. The summed E-state index contributed by atoms with van der Waals surface area (Å²) in [7, 11) is 0. The Morgan fingerprint density at radius 2 is 1.95 bits per heavy atom. The summed E-state index contributed by atoms with van der Waals surface area (Å²) in [6, 6.07) is 10.4. The van der Waals surface area contributed by atoms with Gasteiger partial charge >= 0.3 is 0 Å². The molecule has 5 heteroatoms. The number of nitrogens with one attached hydrogen (secondary N) is 1. The van der Waals surface area contributed by atoms with Crippen molar-refractivity contribution in [3.8, 4) is 5.69 Å². The minimum absolute atomic E-state index is 0.811. The molecular weight excluding hydrogens is 240 g/mol. The van der Waals surface area contributed by atoms with E-state index in [1.54, 1.807) is 6.20 Å². The molecule has 1 aliphatic heterocycles. The summed E-state index contributed by atoms with van der Waals surface area (Å²) < 4.78 is 7.18. The second-order valence-corrected chi connectivity index (χ2v) is 4.55. The third kappa shape index (κ3) is 3.20. The van der Waals surface area contributed by atoms with E-state index in [2.05, 4.69) is 39.8 Å². The lowest BCUT2D eigenvalue weighted by molar-refractivity contribution is 0.0106. The maximum absolute atomic E-state index is 5.32. The molecule has 5 nitrogen and oxygen atoms in total. The molecule has 0 spiro atoms. The lowest BCUT2D eigenvalue weighted by Gasteiger charge is -2.27. The van der Waals surface area contributed by atoms with Gasteiger partial charge in [0.2, 0.25) is 0 Å². The van der Waals surface area contributed by atoms with Gasteiger partial charge in [-0.2, -0.15) is 5.10 Å². The van der Waals surface area contributed by atoms with Crippen LogP contribution in [0, 0.1) is 0 Å². The monoisotopic (exact) mass is 258 g/mol. The second-order valence-electron chi connectivity index (χ2n) is 4.55. The summed E-state index contributed by atoms with van der Waals surface area (Å²) in [5, 5.41) is 6.43. The Bertz CT molecular complexity index is 489. The molecule has 1 aromatic heterocycles. The van der Waals surface area contributed by atoms with E-state index in [9.17, 15) is 0 Å². The van der Waals surface area contributed by atoms with Crippen LogP contribution in [0.15, 0.2) is 42.7 Å². The molecule has 0 radical (unpaired) electrons. The quantitative estimate of drug-likeness (QED) is 0.895. The van der Waals surface area contributed by atoms with Crippen molar-refractivity contribution in [2.75, 3.05) is 26.3 Å². The Labute approximate surface area is 112 Å². The molecule has 1 saturated heterocycles. The van der Waals surface area contributed by atoms with Gasteiger partial charge in [-0.3, -0.25) is 5.43 Å². The Morgan fingerprint density at radius 1 is 1.16 bits per heavy atom. The molecule has 100 valence electrons. The number of rotatable bonds is 4. The van der Waals surface area contributed by atoms with E-state index in [-0.39, 0.29) is 0 Å². The summed E-state index contributed by atoms with van der Waals surface area (Å²) in [6.07, 6.45) is 3.73. The van der Waals surface area contributed by atoms with Crippen molar-refractivity contribution < 1.29 is 4.74 Å². The zero-order chi connectivity index (χ0) is 12.9. The number of aromatic nitrogens is 2. The Morgan fingerprint density at radius 3 is 2.63 bits per heavy atom. The van der Waals surface area contributed by atoms with Gasteiger partial charge in [0, 0.05) is 32.0 Å². The highest BCUT2D eigenvalue weighted by Crippen LogP contribution is 2.08. The number of morpholine rings is 1.